The van der Waals surface area contributed by atoms with Crippen molar-refractivity contribution in [1.82, 2.24) is 0 Å². The van der Waals surface area contributed by atoms with Crippen LogP contribution in [0.4, 0.5) is 0 Å². The third kappa shape index (κ3) is 4.97. The van der Waals surface area contributed by atoms with E-state index in [0.717, 1.165) is 19.6 Å². The van der Waals surface area contributed by atoms with Gasteiger partial charge >= 0.3 is 0 Å². The second-order valence-corrected chi connectivity index (χ2v) is 4.11. The fourth-order valence-corrected chi connectivity index (χ4v) is 1.69. The quantitative estimate of drug-likeness (QED) is 0.421. The zero-order chi connectivity index (χ0) is 10.2. The van der Waals surface area contributed by atoms with Gasteiger partial charge in [0.15, 0.2) is 0 Å². The van der Waals surface area contributed by atoms with Gasteiger partial charge in [-0.05, 0) is 12.8 Å². The molecular weight excluding hydrogens is 176 g/mol. The fourth-order valence-electron chi connectivity index (χ4n) is 1.69. The van der Waals surface area contributed by atoms with Crippen LogP contribution >= 0.6 is 0 Å². The first-order valence-electron chi connectivity index (χ1n) is 6.11. The number of unbranched alkanes of at least 4 members (excludes halogenated alkanes) is 4. The molecule has 0 bridgehead atoms. The van der Waals surface area contributed by atoms with Gasteiger partial charge in [0.2, 0.25) is 0 Å². The molecule has 2 unspecified atom stereocenters. The molecule has 1 aliphatic rings. The van der Waals surface area contributed by atoms with E-state index in [1.807, 2.05) is 0 Å². The molecule has 0 aromatic rings. The summed E-state index contributed by atoms with van der Waals surface area (Å²) in [5, 5.41) is 0. The molecule has 1 saturated heterocycles. The van der Waals surface area contributed by atoms with E-state index in [1.54, 1.807) is 0 Å². The standard InChI is InChI=1S/C12H24O2/c1-3-5-6-7-8-9-13-10-12-11(4-2)14-12/h11-12H,3-10H2,1-2H3. The smallest absolute Gasteiger partial charge is 0.107 e. The third-order valence-corrected chi connectivity index (χ3v) is 2.76. The molecule has 2 atom stereocenters. The molecule has 0 N–H and O–H groups in total. The Balaban J connectivity index is 1.73. The van der Waals surface area contributed by atoms with Crippen molar-refractivity contribution in [1.29, 1.82) is 0 Å². The summed E-state index contributed by atoms with van der Waals surface area (Å²) in [6.07, 6.45) is 8.60. The molecule has 1 rings (SSSR count). The second kappa shape index (κ2) is 7.24. The van der Waals surface area contributed by atoms with Crippen molar-refractivity contribution in [3.8, 4) is 0 Å². The van der Waals surface area contributed by atoms with Gasteiger partial charge in [-0.25, -0.2) is 0 Å². The van der Waals surface area contributed by atoms with Crippen LogP contribution in [0.15, 0.2) is 0 Å². The van der Waals surface area contributed by atoms with Crippen molar-refractivity contribution >= 4 is 0 Å². The molecule has 0 radical (unpaired) electrons. The van der Waals surface area contributed by atoms with Crippen LogP contribution in [0, 0.1) is 0 Å². The highest BCUT2D eigenvalue weighted by atomic mass is 16.6. The zero-order valence-electron chi connectivity index (χ0n) is 9.63. The lowest BCUT2D eigenvalue weighted by atomic mass is 10.2. The molecule has 0 spiro atoms. The van der Waals surface area contributed by atoms with Crippen molar-refractivity contribution in [2.24, 2.45) is 0 Å². The summed E-state index contributed by atoms with van der Waals surface area (Å²) in [6, 6.07) is 0. The van der Waals surface area contributed by atoms with E-state index >= 15 is 0 Å². The second-order valence-electron chi connectivity index (χ2n) is 4.11. The summed E-state index contributed by atoms with van der Waals surface area (Å²) in [5.41, 5.74) is 0. The van der Waals surface area contributed by atoms with Gasteiger partial charge in [-0.15, -0.1) is 0 Å². The number of epoxide rings is 1. The summed E-state index contributed by atoms with van der Waals surface area (Å²) >= 11 is 0. The third-order valence-electron chi connectivity index (χ3n) is 2.76. The molecule has 84 valence electrons. The lowest BCUT2D eigenvalue weighted by Crippen LogP contribution is -2.05. The predicted octanol–water partition coefficient (Wildman–Crippen LogP) is 3.15. The predicted molar refractivity (Wildman–Crippen MR) is 58.5 cm³/mol. The molecule has 0 aromatic heterocycles. The lowest BCUT2D eigenvalue weighted by molar-refractivity contribution is 0.113. The first kappa shape index (κ1) is 12.0. The summed E-state index contributed by atoms with van der Waals surface area (Å²) in [5.74, 6) is 0. The summed E-state index contributed by atoms with van der Waals surface area (Å²) < 4.78 is 10.9. The van der Waals surface area contributed by atoms with Crippen molar-refractivity contribution in [2.45, 2.75) is 64.6 Å². The monoisotopic (exact) mass is 200 g/mol. The molecule has 1 heterocycles. The Kier molecular flexibility index (Phi) is 6.20. The Morgan fingerprint density at radius 3 is 2.43 bits per heavy atom. The lowest BCUT2D eigenvalue weighted by Gasteiger charge is -2.01. The first-order chi connectivity index (χ1) is 6.88. The largest absolute Gasteiger partial charge is 0.379 e. The molecule has 1 fully saturated rings. The Hall–Kier alpha value is -0.0800. The van der Waals surface area contributed by atoms with Crippen LogP contribution in [-0.4, -0.2) is 25.4 Å². The van der Waals surface area contributed by atoms with Gasteiger partial charge in [-0.2, -0.15) is 0 Å². The average molecular weight is 200 g/mol. The van der Waals surface area contributed by atoms with Crippen LogP contribution in [0.25, 0.3) is 0 Å². The van der Waals surface area contributed by atoms with Gasteiger partial charge in [0, 0.05) is 6.61 Å². The number of hydrogen-bond acceptors (Lipinski definition) is 2. The van der Waals surface area contributed by atoms with Gasteiger partial charge in [-0.1, -0.05) is 39.5 Å². The first-order valence-corrected chi connectivity index (χ1v) is 6.11. The van der Waals surface area contributed by atoms with Crippen LogP contribution in [0.5, 0.6) is 0 Å². The van der Waals surface area contributed by atoms with Crippen molar-refractivity contribution in [2.75, 3.05) is 13.2 Å². The SMILES string of the molecule is CCCCCCCOCC1OC1CC. The van der Waals surface area contributed by atoms with Crippen molar-refractivity contribution in [3.63, 3.8) is 0 Å². The van der Waals surface area contributed by atoms with Gasteiger partial charge in [0.05, 0.1) is 12.7 Å². The highest BCUT2D eigenvalue weighted by Gasteiger charge is 2.36. The van der Waals surface area contributed by atoms with E-state index < -0.39 is 0 Å². The fraction of sp³-hybridized carbons (Fsp3) is 1.00. The van der Waals surface area contributed by atoms with E-state index in [-0.39, 0.29) is 0 Å². The topological polar surface area (TPSA) is 21.8 Å². The molecule has 0 aromatic carbocycles. The summed E-state index contributed by atoms with van der Waals surface area (Å²) in [4.78, 5) is 0. The van der Waals surface area contributed by atoms with Crippen molar-refractivity contribution in [3.05, 3.63) is 0 Å². The molecule has 1 aliphatic heterocycles. The minimum atomic E-state index is 0.413. The normalized spacial score (nSPS) is 25.3. The minimum absolute atomic E-state index is 0.413. The number of hydrogen-bond donors (Lipinski definition) is 0. The Bertz CT molecular complexity index is 136. The molecule has 14 heavy (non-hydrogen) atoms. The molecule has 0 saturated carbocycles. The molecule has 0 aliphatic carbocycles. The maximum absolute atomic E-state index is 5.54. The molecular formula is C12H24O2. The van der Waals surface area contributed by atoms with E-state index in [4.69, 9.17) is 9.47 Å². The summed E-state index contributed by atoms with van der Waals surface area (Å²) in [7, 11) is 0. The Morgan fingerprint density at radius 2 is 1.79 bits per heavy atom. The highest BCUT2D eigenvalue weighted by Crippen LogP contribution is 2.24. The molecule has 2 heteroatoms. The highest BCUT2D eigenvalue weighted by molar-refractivity contribution is 4.82. The maximum atomic E-state index is 5.54. The summed E-state index contributed by atoms with van der Waals surface area (Å²) in [6.45, 7) is 6.13. The number of rotatable bonds is 9. The molecule has 0 amide bonds. The van der Waals surface area contributed by atoms with Crippen LogP contribution < -0.4 is 0 Å². The Labute approximate surface area is 88.0 Å². The van der Waals surface area contributed by atoms with Crippen LogP contribution in [0.1, 0.15) is 52.4 Å². The van der Waals surface area contributed by atoms with E-state index in [1.165, 1.54) is 32.1 Å². The average Bonchev–Trinajstić information content (AvgIpc) is 2.95. The van der Waals surface area contributed by atoms with E-state index in [0.29, 0.717) is 12.2 Å². The zero-order valence-corrected chi connectivity index (χ0v) is 9.63. The van der Waals surface area contributed by atoms with Crippen molar-refractivity contribution < 1.29 is 9.47 Å². The number of ether oxygens (including phenoxy) is 2. The van der Waals surface area contributed by atoms with Crippen LogP contribution in [-0.2, 0) is 9.47 Å². The van der Waals surface area contributed by atoms with Gasteiger partial charge < -0.3 is 9.47 Å². The van der Waals surface area contributed by atoms with Crippen LogP contribution in [0.3, 0.4) is 0 Å². The minimum Gasteiger partial charge on any atom is -0.379 e. The molecule has 2 nitrogen and oxygen atoms in total. The van der Waals surface area contributed by atoms with Gasteiger partial charge in [0.25, 0.3) is 0 Å². The maximum Gasteiger partial charge on any atom is 0.107 e. The van der Waals surface area contributed by atoms with Gasteiger partial charge in [-0.3, -0.25) is 0 Å². The Morgan fingerprint density at radius 1 is 1.00 bits per heavy atom. The van der Waals surface area contributed by atoms with Gasteiger partial charge in [0.1, 0.15) is 6.10 Å². The van der Waals surface area contributed by atoms with E-state index in [9.17, 15) is 0 Å². The van der Waals surface area contributed by atoms with E-state index in [2.05, 4.69) is 13.8 Å². The van der Waals surface area contributed by atoms with Crippen LogP contribution in [0.2, 0.25) is 0 Å².